The number of amides is 1. The van der Waals surface area contributed by atoms with Gasteiger partial charge in [0.05, 0.1) is 0 Å². The van der Waals surface area contributed by atoms with Crippen LogP contribution in [-0.2, 0) is 4.74 Å². The van der Waals surface area contributed by atoms with E-state index in [2.05, 4.69) is 17.5 Å². The molecule has 2 rings (SSSR count). The minimum absolute atomic E-state index is 0.180. The summed E-state index contributed by atoms with van der Waals surface area (Å²) in [5.41, 5.74) is 5.69. The van der Waals surface area contributed by atoms with Crippen LogP contribution >= 0.6 is 0 Å². The van der Waals surface area contributed by atoms with Gasteiger partial charge in [-0.15, -0.1) is 0 Å². The zero-order valence-electron chi connectivity index (χ0n) is 10.8. The minimum Gasteiger partial charge on any atom is -0.444 e. The zero-order chi connectivity index (χ0) is 12.6. The number of allylic oxidation sites excluding steroid dienone is 1. The van der Waals surface area contributed by atoms with Gasteiger partial charge < -0.3 is 15.8 Å². The van der Waals surface area contributed by atoms with Crippen LogP contribution in [0.2, 0.25) is 0 Å². The van der Waals surface area contributed by atoms with E-state index >= 15 is 0 Å². The molecule has 2 bridgehead atoms. The van der Waals surface area contributed by atoms with Crippen LogP contribution in [-0.4, -0.2) is 24.3 Å². The van der Waals surface area contributed by atoms with E-state index in [4.69, 9.17) is 10.5 Å². The first-order valence-electron chi connectivity index (χ1n) is 6.27. The molecular formula is C13H22N2O2. The molecule has 2 unspecified atom stereocenters. The molecule has 4 nitrogen and oxygen atoms in total. The van der Waals surface area contributed by atoms with E-state index in [0.29, 0.717) is 24.3 Å². The molecule has 1 amide bonds. The maximum absolute atomic E-state index is 11.5. The summed E-state index contributed by atoms with van der Waals surface area (Å²) >= 11 is 0. The lowest BCUT2D eigenvalue weighted by atomic mass is 9.89. The Morgan fingerprint density at radius 1 is 1.41 bits per heavy atom. The van der Waals surface area contributed by atoms with Crippen molar-refractivity contribution < 1.29 is 9.53 Å². The van der Waals surface area contributed by atoms with Crippen molar-refractivity contribution >= 4 is 6.09 Å². The Morgan fingerprint density at radius 2 is 2.06 bits per heavy atom. The molecule has 96 valence electrons. The topological polar surface area (TPSA) is 64.3 Å². The molecule has 0 saturated heterocycles. The van der Waals surface area contributed by atoms with E-state index < -0.39 is 5.60 Å². The Balaban J connectivity index is 1.79. The third-order valence-electron chi connectivity index (χ3n) is 3.57. The SMILES string of the molecule is CC(C)(C)OC(=O)NC[C@H]1C2C=CC(C2)[C@@H]1N. The first-order chi connectivity index (χ1) is 7.87. The second-order valence-electron chi connectivity index (χ2n) is 6.07. The van der Waals surface area contributed by atoms with Crippen LogP contribution in [0.5, 0.6) is 0 Å². The molecule has 0 aromatic heterocycles. The molecule has 2 aliphatic rings. The highest BCUT2D eigenvalue weighted by Crippen LogP contribution is 2.42. The van der Waals surface area contributed by atoms with Gasteiger partial charge in [0.2, 0.25) is 0 Å². The van der Waals surface area contributed by atoms with Crippen LogP contribution in [0, 0.1) is 17.8 Å². The maximum atomic E-state index is 11.5. The highest BCUT2D eigenvalue weighted by molar-refractivity contribution is 5.67. The monoisotopic (exact) mass is 238 g/mol. The summed E-state index contributed by atoms with van der Waals surface area (Å²) in [5, 5.41) is 2.82. The number of hydrogen-bond donors (Lipinski definition) is 2. The lowest BCUT2D eigenvalue weighted by Crippen LogP contribution is -2.42. The predicted molar refractivity (Wildman–Crippen MR) is 66.4 cm³/mol. The highest BCUT2D eigenvalue weighted by atomic mass is 16.6. The van der Waals surface area contributed by atoms with Gasteiger partial charge in [0.25, 0.3) is 0 Å². The third kappa shape index (κ3) is 2.80. The molecule has 3 N–H and O–H groups in total. The lowest BCUT2D eigenvalue weighted by molar-refractivity contribution is 0.0515. The molecule has 1 fully saturated rings. The molecular weight excluding hydrogens is 216 g/mol. The fourth-order valence-electron chi connectivity index (χ4n) is 2.77. The molecule has 1 saturated carbocycles. The molecule has 0 aliphatic heterocycles. The second-order valence-corrected chi connectivity index (χ2v) is 6.07. The van der Waals surface area contributed by atoms with Crippen LogP contribution in [0.4, 0.5) is 4.79 Å². The van der Waals surface area contributed by atoms with Crippen LogP contribution in [0.15, 0.2) is 12.2 Å². The van der Waals surface area contributed by atoms with Crippen molar-refractivity contribution in [1.82, 2.24) is 5.32 Å². The average molecular weight is 238 g/mol. The fourth-order valence-corrected chi connectivity index (χ4v) is 2.77. The van der Waals surface area contributed by atoms with Crippen LogP contribution in [0.3, 0.4) is 0 Å². The van der Waals surface area contributed by atoms with Gasteiger partial charge in [-0.3, -0.25) is 0 Å². The summed E-state index contributed by atoms with van der Waals surface area (Å²) in [4.78, 5) is 11.5. The first-order valence-corrected chi connectivity index (χ1v) is 6.27. The van der Waals surface area contributed by atoms with Gasteiger partial charge in [-0.2, -0.15) is 0 Å². The summed E-state index contributed by atoms with van der Waals surface area (Å²) in [6.07, 6.45) is 5.23. The van der Waals surface area contributed by atoms with Crippen LogP contribution < -0.4 is 11.1 Å². The van der Waals surface area contributed by atoms with Crippen LogP contribution in [0.25, 0.3) is 0 Å². The van der Waals surface area contributed by atoms with Gasteiger partial charge in [0.15, 0.2) is 0 Å². The minimum atomic E-state index is -0.444. The van der Waals surface area contributed by atoms with Gasteiger partial charge in [-0.25, -0.2) is 4.79 Å². The Hall–Kier alpha value is -1.03. The quantitative estimate of drug-likeness (QED) is 0.719. The normalized spacial score (nSPS) is 35.1. The first kappa shape index (κ1) is 12.4. The second kappa shape index (κ2) is 4.33. The van der Waals surface area contributed by atoms with Crippen molar-refractivity contribution in [2.45, 2.75) is 38.8 Å². The zero-order valence-corrected chi connectivity index (χ0v) is 10.8. The van der Waals surface area contributed by atoms with Crippen molar-refractivity contribution in [2.75, 3.05) is 6.54 Å². The van der Waals surface area contributed by atoms with Gasteiger partial charge in [-0.1, -0.05) is 12.2 Å². The molecule has 2 aliphatic carbocycles. The van der Waals surface area contributed by atoms with Gasteiger partial charge in [0, 0.05) is 12.6 Å². The summed E-state index contributed by atoms with van der Waals surface area (Å²) in [6, 6.07) is 0.180. The smallest absolute Gasteiger partial charge is 0.407 e. The number of carbonyl (C=O) groups excluding carboxylic acids is 1. The van der Waals surface area contributed by atoms with E-state index in [9.17, 15) is 4.79 Å². The summed E-state index contributed by atoms with van der Waals surface area (Å²) in [5.74, 6) is 1.40. The fraction of sp³-hybridized carbons (Fsp3) is 0.769. The van der Waals surface area contributed by atoms with E-state index in [1.54, 1.807) is 0 Å². The highest BCUT2D eigenvalue weighted by Gasteiger charge is 2.42. The number of nitrogens with two attached hydrogens (primary N) is 1. The number of alkyl carbamates (subject to hydrolysis) is 1. The molecule has 0 aromatic rings. The number of rotatable bonds is 2. The van der Waals surface area contributed by atoms with Crippen molar-refractivity contribution in [2.24, 2.45) is 23.5 Å². The van der Waals surface area contributed by atoms with E-state index in [1.807, 2.05) is 20.8 Å². The van der Waals surface area contributed by atoms with Crippen molar-refractivity contribution in [3.8, 4) is 0 Å². The molecule has 0 radical (unpaired) electrons. The predicted octanol–water partition coefficient (Wildman–Crippen LogP) is 1.66. The number of ether oxygens (including phenoxy) is 1. The standard InChI is InChI=1S/C13H22N2O2/c1-13(2,3)17-12(16)15-7-10-8-4-5-9(6-8)11(10)14/h4-5,8-11H,6-7,14H2,1-3H3,(H,15,16)/t8?,9?,10-,11-/m0/s1. The van der Waals surface area contributed by atoms with Gasteiger partial charge in [-0.05, 0) is 44.9 Å². The van der Waals surface area contributed by atoms with E-state index in [1.165, 1.54) is 0 Å². The average Bonchev–Trinajstić information content (AvgIpc) is 2.73. The van der Waals surface area contributed by atoms with Crippen molar-refractivity contribution in [3.63, 3.8) is 0 Å². The van der Waals surface area contributed by atoms with E-state index in [-0.39, 0.29) is 12.1 Å². The molecule has 4 heteroatoms. The molecule has 0 aromatic carbocycles. The largest absolute Gasteiger partial charge is 0.444 e. The Bertz CT molecular complexity index is 333. The summed E-state index contributed by atoms with van der Waals surface area (Å²) in [7, 11) is 0. The number of nitrogens with one attached hydrogen (secondary N) is 1. The molecule has 0 heterocycles. The third-order valence-corrected chi connectivity index (χ3v) is 3.57. The molecule has 0 spiro atoms. The van der Waals surface area contributed by atoms with Crippen molar-refractivity contribution in [3.05, 3.63) is 12.2 Å². The Kier molecular flexibility index (Phi) is 3.17. The summed E-state index contributed by atoms with van der Waals surface area (Å²) < 4.78 is 5.20. The molecule has 17 heavy (non-hydrogen) atoms. The number of carbonyl (C=O) groups is 1. The van der Waals surface area contributed by atoms with Crippen LogP contribution in [0.1, 0.15) is 27.2 Å². The van der Waals surface area contributed by atoms with E-state index in [0.717, 1.165) is 6.42 Å². The Labute approximate surface area is 103 Å². The summed E-state index contributed by atoms with van der Waals surface area (Å²) in [6.45, 7) is 6.19. The number of fused-ring (bicyclic) bond motifs is 2. The maximum Gasteiger partial charge on any atom is 0.407 e. The number of hydrogen-bond acceptors (Lipinski definition) is 3. The Morgan fingerprint density at radius 3 is 2.59 bits per heavy atom. The van der Waals surface area contributed by atoms with Gasteiger partial charge in [0.1, 0.15) is 5.60 Å². The van der Waals surface area contributed by atoms with Gasteiger partial charge >= 0.3 is 6.09 Å². The van der Waals surface area contributed by atoms with Crippen molar-refractivity contribution in [1.29, 1.82) is 0 Å². The molecule has 4 atom stereocenters. The lowest BCUT2D eigenvalue weighted by Gasteiger charge is -2.26.